The van der Waals surface area contributed by atoms with Crippen LogP contribution in [0.4, 0.5) is 11.5 Å². The molecular weight excluding hydrogens is 268 g/mol. The summed E-state index contributed by atoms with van der Waals surface area (Å²) in [6, 6.07) is 11.2. The van der Waals surface area contributed by atoms with Gasteiger partial charge >= 0.3 is 0 Å². The van der Waals surface area contributed by atoms with Crippen molar-refractivity contribution in [2.45, 2.75) is 6.42 Å². The van der Waals surface area contributed by atoms with Gasteiger partial charge in [0.2, 0.25) is 0 Å². The zero-order valence-electron chi connectivity index (χ0n) is 11.2. The number of hydrogen-bond donors (Lipinski definition) is 2. The lowest BCUT2D eigenvalue weighted by molar-refractivity contribution is -0.385. The van der Waals surface area contributed by atoms with Crippen LogP contribution in [0.3, 0.4) is 0 Å². The maximum atomic E-state index is 10.5. The molecule has 1 aromatic carbocycles. The molecule has 106 valence electrons. The molecule has 21 heavy (non-hydrogen) atoms. The minimum atomic E-state index is -0.456. The molecule has 0 spiro atoms. The van der Waals surface area contributed by atoms with Gasteiger partial charge < -0.3 is 10.3 Å². The van der Waals surface area contributed by atoms with E-state index in [1.165, 1.54) is 23.2 Å². The van der Waals surface area contributed by atoms with Gasteiger partial charge in [-0.2, -0.15) is 0 Å². The van der Waals surface area contributed by atoms with Crippen LogP contribution in [0.1, 0.15) is 5.56 Å². The third-order valence-electron chi connectivity index (χ3n) is 3.33. The summed E-state index contributed by atoms with van der Waals surface area (Å²) in [7, 11) is 0. The second-order valence-electron chi connectivity index (χ2n) is 4.70. The lowest BCUT2D eigenvalue weighted by Crippen LogP contribution is -2.06. The molecule has 0 fully saturated rings. The van der Waals surface area contributed by atoms with Crippen LogP contribution in [0, 0.1) is 10.1 Å². The first-order valence-electron chi connectivity index (χ1n) is 6.63. The molecule has 0 aliphatic heterocycles. The quantitative estimate of drug-likeness (QED) is 0.556. The van der Waals surface area contributed by atoms with E-state index in [1.54, 1.807) is 6.07 Å². The predicted molar refractivity (Wildman–Crippen MR) is 81.4 cm³/mol. The van der Waals surface area contributed by atoms with E-state index in [-0.39, 0.29) is 5.69 Å². The van der Waals surface area contributed by atoms with Gasteiger partial charge in [-0.15, -0.1) is 0 Å². The molecule has 2 heterocycles. The molecule has 2 N–H and O–H groups in total. The van der Waals surface area contributed by atoms with Crippen LogP contribution >= 0.6 is 0 Å². The third kappa shape index (κ3) is 2.84. The van der Waals surface area contributed by atoms with Gasteiger partial charge in [0, 0.05) is 29.7 Å². The fourth-order valence-electron chi connectivity index (χ4n) is 2.26. The summed E-state index contributed by atoms with van der Waals surface area (Å²) < 4.78 is 0. The summed E-state index contributed by atoms with van der Waals surface area (Å²) in [4.78, 5) is 17.4. The fourth-order valence-corrected chi connectivity index (χ4v) is 2.26. The van der Waals surface area contributed by atoms with E-state index in [0.717, 1.165) is 11.9 Å². The Hall–Kier alpha value is -2.89. The number of H-pyrrole nitrogens is 1. The molecule has 3 rings (SSSR count). The van der Waals surface area contributed by atoms with Crippen LogP contribution in [0.25, 0.3) is 10.9 Å². The monoisotopic (exact) mass is 282 g/mol. The number of aromatic amines is 1. The van der Waals surface area contributed by atoms with Crippen LogP contribution in [0.5, 0.6) is 0 Å². The van der Waals surface area contributed by atoms with Gasteiger partial charge in [-0.3, -0.25) is 10.1 Å². The molecular formula is C15H14N4O2. The summed E-state index contributed by atoms with van der Waals surface area (Å²) in [5, 5.41) is 14.9. The number of aromatic nitrogens is 2. The van der Waals surface area contributed by atoms with Crippen molar-refractivity contribution in [3.8, 4) is 0 Å². The topological polar surface area (TPSA) is 83.9 Å². The number of para-hydroxylation sites is 1. The highest BCUT2D eigenvalue weighted by atomic mass is 16.6. The highest BCUT2D eigenvalue weighted by Gasteiger charge is 2.05. The number of nitro groups is 1. The van der Waals surface area contributed by atoms with E-state index >= 15 is 0 Å². The lowest BCUT2D eigenvalue weighted by atomic mass is 10.1. The first-order chi connectivity index (χ1) is 10.2. The highest BCUT2D eigenvalue weighted by molar-refractivity contribution is 5.83. The van der Waals surface area contributed by atoms with Crippen LogP contribution < -0.4 is 5.32 Å². The van der Waals surface area contributed by atoms with Gasteiger partial charge in [0.1, 0.15) is 12.0 Å². The third-order valence-corrected chi connectivity index (χ3v) is 3.33. The zero-order valence-corrected chi connectivity index (χ0v) is 11.2. The van der Waals surface area contributed by atoms with Crippen LogP contribution in [0.2, 0.25) is 0 Å². The SMILES string of the molecule is O=[N+]([O-])c1ccc(NCCc2c[nH]c3ccccc23)nc1. The largest absolute Gasteiger partial charge is 0.370 e. The molecule has 6 nitrogen and oxygen atoms in total. The molecule has 0 aliphatic carbocycles. The van der Waals surface area contributed by atoms with Crippen LogP contribution in [-0.2, 0) is 6.42 Å². The molecule has 0 saturated carbocycles. The molecule has 0 aliphatic rings. The Labute approximate surface area is 121 Å². The van der Waals surface area contributed by atoms with E-state index in [2.05, 4.69) is 21.4 Å². The average Bonchev–Trinajstić information content (AvgIpc) is 2.91. The van der Waals surface area contributed by atoms with Crippen molar-refractivity contribution in [1.29, 1.82) is 0 Å². The molecule has 0 radical (unpaired) electrons. The second-order valence-corrected chi connectivity index (χ2v) is 4.70. The molecule has 6 heteroatoms. The smallest absolute Gasteiger partial charge is 0.287 e. The summed E-state index contributed by atoms with van der Waals surface area (Å²) in [5.74, 6) is 0.639. The van der Waals surface area contributed by atoms with E-state index in [1.807, 2.05) is 24.4 Å². The molecule has 2 aromatic heterocycles. The second kappa shape index (κ2) is 5.62. The van der Waals surface area contributed by atoms with E-state index in [4.69, 9.17) is 0 Å². The summed E-state index contributed by atoms with van der Waals surface area (Å²) in [5.41, 5.74) is 2.36. The summed E-state index contributed by atoms with van der Waals surface area (Å²) in [6.45, 7) is 0.715. The van der Waals surface area contributed by atoms with Crippen LogP contribution in [-0.4, -0.2) is 21.4 Å². The van der Waals surface area contributed by atoms with E-state index in [9.17, 15) is 10.1 Å². The first-order valence-corrected chi connectivity index (χ1v) is 6.63. The Balaban J connectivity index is 1.62. The molecule has 0 unspecified atom stereocenters. The zero-order chi connectivity index (χ0) is 14.7. The van der Waals surface area contributed by atoms with Gasteiger partial charge in [0.25, 0.3) is 5.69 Å². The van der Waals surface area contributed by atoms with Crippen molar-refractivity contribution in [3.05, 3.63) is 64.5 Å². The van der Waals surface area contributed by atoms with Crippen molar-refractivity contribution in [1.82, 2.24) is 9.97 Å². The van der Waals surface area contributed by atoms with Crippen molar-refractivity contribution in [2.75, 3.05) is 11.9 Å². The Morgan fingerprint density at radius 3 is 2.86 bits per heavy atom. The minimum Gasteiger partial charge on any atom is -0.370 e. The van der Waals surface area contributed by atoms with Crippen LogP contribution in [0.15, 0.2) is 48.8 Å². The normalized spacial score (nSPS) is 10.7. The van der Waals surface area contributed by atoms with Crippen molar-refractivity contribution < 1.29 is 4.92 Å². The molecule has 3 aromatic rings. The fraction of sp³-hybridized carbons (Fsp3) is 0.133. The molecule has 0 bridgehead atoms. The van der Waals surface area contributed by atoms with Gasteiger partial charge in [0.05, 0.1) is 4.92 Å². The Morgan fingerprint density at radius 2 is 2.10 bits per heavy atom. The van der Waals surface area contributed by atoms with E-state index < -0.39 is 4.92 Å². The maximum Gasteiger partial charge on any atom is 0.287 e. The van der Waals surface area contributed by atoms with Gasteiger partial charge in [-0.1, -0.05) is 18.2 Å². The van der Waals surface area contributed by atoms with Crippen molar-refractivity contribution in [3.63, 3.8) is 0 Å². The van der Waals surface area contributed by atoms with Crippen molar-refractivity contribution >= 4 is 22.4 Å². The lowest BCUT2D eigenvalue weighted by Gasteiger charge is -2.04. The average molecular weight is 282 g/mol. The highest BCUT2D eigenvalue weighted by Crippen LogP contribution is 2.18. The number of pyridine rings is 1. The van der Waals surface area contributed by atoms with Gasteiger partial charge in [0.15, 0.2) is 0 Å². The number of hydrogen-bond acceptors (Lipinski definition) is 4. The Morgan fingerprint density at radius 1 is 1.24 bits per heavy atom. The first kappa shape index (κ1) is 13.1. The van der Waals surface area contributed by atoms with E-state index in [0.29, 0.717) is 12.4 Å². The number of nitrogens with zero attached hydrogens (tertiary/aromatic N) is 2. The van der Waals surface area contributed by atoms with Crippen molar-refractivity contribution in [2.24, 2.45) is 0 Å². The maximum absolute atomic E-state index is 10.5. The standard InChI is InChI=1S/C15H14N4O2/c20-19(21)12-5-6-15(18-10-12)16-8-7-11-9-17-14-4-2-1-3-13(11)14/h1-6,9-10,17H,7-8H2,(H,16,18). The number of anilines is 1. The Kier molecular flexibility index (Phi) is 3.51. The summed E-state index contributed by atoms with van der Waals surface area (Å²) in [6.07, 6.45) is 4.12. The molecule has 0 atom stereocenters. The summed E-state index contributed by atoms with van der Waals surface area (Å²) >= 11 is 0. The van der Waals surface area contributed by atoms with Gasteiger partial charge in [-0.05, 0) is 24.1 Å². The Bertz CT molecular complexity index is 765. The molecule has 0 saturated heterocycles. The predicted octanol–water partition coefficient (Wildman–Crippen LogP) is 3.13. The van der Waals surface area contributed by atoms with Gasteiger partial charge in [-0.25, -0.2) is 4.98 Å². The number of rotatable bonds is 5. The number of fused-ring (bicyclic) bond motifs is 1. The number of benzene rings is 1. The minimum absolute atomic E-state index is 0.00261. The number of nitrogens with one attached hydrogen (secondary N) is 2. The molecule has 0 amide bonds.